The van der Waals surface area contributed by atoms with Crippen molar-refractivity contribution in [2.75, 3.05) is 6.61 Å². The van der Waals surface area contributed by atoms with Crippen LogP contribution in [-0.2, 0) is 4.79 Å². The summed E-state index contributed by atoms with van der Waals surface area (Å²) in [5.74, 6) is -0.708. The number of amides is 1. The number of rotatable bonds is 4. The summed E-state index contributed by atoms with van der Waals surface area (Å²) >= 11 is 0. The molecule has 1 amide bonds. The van der Waals surface area contributed by atoms with Gasteiger partial charge < -0.3 is 10.4 Å². The lowest BCUT2D eigenvalue weighted by Crippen LogP contribution is -2.33. The predicted molar refractivity (Wildman–Crippen MR) is 59.2 cm³/mol. The van der Waals surface area contributed by atoms with E-state index < -0.39 is 6.04 Å². The molecule has 0 spiro atoms. The third-order valence-corrected chi connectivity index (χ3v) is 2.27. The minimum Gasteiger partial charge on any atom is -0.394 e. The molecule has 1 aromatic carbocycles. The van der Waals surface area contributed by atoms with Gasteiger partial charge in [0.05, 0.1) is 12.6 Å². The van der Waals surface area contributed by atoms with Crippen molar-refractivity contribution in [2.45, 2.75) is 19.9 Å². The molecule has 0 aliphatic rings. The normalized spacial score (nSPS) is 12.6. The van der Waals surface area contributed by atoms with Crippen molar-refractivity contribution < 1.29 is 14.3 Å². The Balaban J connectivity index is 2.78. The van der Waals surface area contributed by atoms with Crippen LogP contribution in [0.1, 0.15) is 25.5 Å². The summed E-state index contributed by atoms with van der Waals surface area (Å²) in [7, 11) is 0. The monoisotopic (exact) mass is 225 g/mol. The van der Waals surface area contributed by atoms with Crippen LogP contribution in [-0.4, -0.2) is 17.6 Å². The van der Waals surface area contributed by atoms with Crippen LogP contribution in [0, 0.1) is 11.7 Å². The maximum absolute atomic E-state index is 13.0. The molecule has 16 heavy (non-hydrogen) atoms. The highest BCUT2D eigenvalue weighted by Gasteiger charge is 2.15. The van der Waals surface area contributed by atoms with E-state index in [-0.39, 0.29) is 24.2 Å². The number of aliphatic hydroxyl groups excluding tert-OH is 1. The summed E-state index contributed by atoms with van der Waals surface area (Å²) in [6, 6.07) is 5.30. The van der Waals surface area contributed by atoms with Gasteiger partial charge in [-0.2, -0.15) is 0 Å². The first-order valence-electron chi connectivity index (χ1n) is 5.21. The standard InChI is InChI=1S/C12H16FNO2/c1-8(2)12(16)14-11(7-15)9-4-3-5-10(13)6-9/h3-6,8,11,15H,7H2,1-2H3,(H,14,16). The lowest BCUT2D eigenvalue weighted by atomic mass is 10.1. The number of carbonyl (C=O) groups is 1. The van der Waals surface area contributed by atoms with E-state index in [1.54, 1.807) is 26.0 Å². The fourth-order valence-corrected chi connectivity index (χ4v) is 1.30. The number of aliphatic hydroxyl groups is 1. The highest BCUT2D eigenvalue weighted by Crippen LogP contribution is 2.14. The fourth-order valence-electron chi connectivity index (χ4n) is 1.30. The van der Waals surface area contributed by atoms with Gasteiger partial charge in [-0.15, -0.1) is 0 Å². The maximum atomic E-state index is 13.0. The van der Waals surface area contributed by atoms with Gasteiger partial charge in [-0.3, -0.25) is 4.79 Å². The van der Waals surface area contributed by atoms with E-state index in [9.17, 15) is 9.18 Å². The highest BCUT2D eigenvalue weighted by atomic mass is 19.1. The maximum Gasteiger partial charge on any atom is 0.223 e. The molecule has 4 heteroatoms. The molecule has 0 aliphatic carbocycles. The third kappa shape index (κ3) is 3.31. The summed E-state index contributed by atoms with van der Waals surface area (Å²) in [6.45, 7) is 3.27. The van der Waals surface area contributed by atoms with Gasteiger partial charge in [-0.25, -0.2) is 4.39 Å². The van der Waals surface area contributed by atoms with E-state index in [4.69, 9.17) is 5.11 Å². The number of hydrogen-bond acceptors (Lipinski definition) is 2. The van der Waals surface area contributed by atoms with Gasteiger partial charge in [0, 0.05) is 5.92 Å². The average Bonchev–Trinajstić information content (AvgIpc) is 2.25. The van der Waals surface area contributed by atoms with E-state index in [0.29, 0.717) is 5.56 Å². The summed E-state index contributed by atoms with van der Waals surface area (Å²) in [5.41, 5.74) is 0.566. The van der Waals surface area contributed by atoms with Crippen molar-refractivity contribution in [3.8, 4) is 0 Å². The number of halogens is 1. The molecule has 0 heterocycles. The van der Waals surface area contributed by atoms with E-state index in [1.807, 2.05) is 0 Å². The van der Waals surface area contributed by atoms with Crippen LogP contribution in [0.5, 0.6) is 0 Å². The summed E-state index contributed by atoms with van der Waals surface area (Å²) < 4.78 is 13.0. The summed E-state index contributed by atoms with van der Waals surface area (Å²) in [5, 5.41) is 11.8. The largest absolute Gasteiger partial charge is 0.394 e. The Morgan fingerprint density at radius 1 is 1.50 bits per heavy atom. The van der Waals surface area contributed by atoms with Gasteiger partial charge in [0.2, 0.25) is 5.91 Å². The van der Waals surface area contributed by atoms with Crippen LogP contribution < -0.4 is 5.32 Å². The molecular weight excluding hydrogens is 209 g/mol. The highest BCUT2D eigenvalue weighted by molar-refractivity contribution is 5.78. The Hall–Kier alpha value is -1.42. The van der Waals surface area contributed by atoms with Crippen LogP contribution in [0.4, 0.5) is 4.39 Å². The second-order valence-electron chi connectivity index (χ2n) is 3.95. The van der Waals surface area contributed by atoms with Crippen LogP contribution in [0.3, 0.4) is 0 Å². The first-order valence-corrected chi connectivity index (χ1v) is 5.21. The fraction of sp³-hybridized carbons (Fsp3) is 0.417. The second kappa shape index (κ2) is 5.61. The van der Waals surface area contributed by atoms with E-state index in [1.165, 1.54) is 12.1 Å². The molecule has 0 saturated carbocycles. The minimum atomic E-state index is -0.550. The SMILES string of the molecule is CC(C)C(=O)NC(CO)c1cccc(F)c1. The Morgan fingerprint density at radius 2 is 2.19 bits per heavy atom. The van der Waals surface area contributed by atoms with Gasteiger partial charge >= 0.3 is 0 Å². The Labute approximate surface area is 94.3 Å². The first-order chi connectivity index (χ1) is 7.54. The zero-order valence-corrected chi connectivity index (χ0v) is 9.40. The van der Waals surface area contributed by atoms with Crippen LogP contribution in [0.2, 0.25) is 0 Å². The van der Waals surface area contributed by atoms with Gasteiger partial charge in [-0.05, 0) is 17.7 Å². The van der Waals surface area contributed by atoms with Gasteiger partial charge in [0.25, 0.3) is 0 Å². The minimum absolute atomic E-state index is 0.164. The molecule has 1 atom stereocenters. The molecule has 2 N–H and O–H groups in total. The second-order valence-corrected chi connectivity index (χ2v) is 3.95. The van der Waals surface area contributed by atoms with Gasteiger partial charge in [0.1, 0.15) is 5.82 Å². The summed E-state index contributed by atoms with van der Waals surface area (Å²) in [6.07, 6.45) is 0. The van der Waals surface area contributed by atoms with Crippen LogP contribution >= 0.6 is 0 Å². The number of benzene rings is 1. The molecule has 88 valence electrons. The Kier molecular flexibility index (Phi) is 4.43. The van der Waals surface area contributed by atoms with Crippen molar-refractivity contribution >= 4 is 5.91 Å². The first kappa shape index (κ1) is 12.6. The molecule has 0 aliphatic heterocycles. The quantitative estimate of drug-likeness (QED) is 0.818. The Bertz CT molecular complexity index is 366. The van der Waals surface area contributed by atoms with Crippen LogP contribution in [0.25, 0.3) is 0 Å². The van der Waals surface area contributed by atoms with Crippen molar-refractivity contribution in [1.82, 2.24) is 5.32 Å². The van der Waals surface area contributed by atoms with E-state index in [2.05, 4.69) is 5.32 Å². The molecule has 1 aromatic rings. The van der Waals surface area contributed by atoms with E-state index >= 15 is 0 Å². The van der Waals surface area contributed by atoms with Crippen molar-refractivity contribution in [3.63, 3.8) is 0 Å². The smallest absolute Gasteiger partial charge is 0.223 e. The number of nitrogens with one attached hydrogen (secondary N) is 1. The number of carbonyl (C=O) groups excluding carboxylic acids is 1. The van der Waals surface area contributed by atoms with Crippen molar-refractivity contribution in [1.29, 1.82) is 0 Å². The predicted octanol–water partition coefficient (Wildman–Crippen LogP) is 1.63. The van der Waals surface area contributed by atoms with Crippen molar-refractivity contribution in [2.24, 2.45) is 5.92 Å². The number of hydrogen-bond donors (Lipinski definition) is 2. The molecular formula is C12H16FNO2. The zero-order chi connectivity index (χ0) is 12.1. The van der Waals surface area contributed by atoms with Gasteiger partial charge in [-0.1, -0.05) is 26.0 Å². The molecule has 0 bridgehead atoms. The molecule has 0 aromatic heterocycles. The molecule has 0 fully saturated rings. The molecule has 1 rings (SSSR count). The third-order valence-electron chi connectivity index (χ3n) is 2.27. The van der Waals surface area contributed by atoms with Gasteiger partial charge in [0.15, 0.2) is 0 Å². The molecule has 3 nitrogen and oxygen atoms in total. The zero-order valence-electron chi connectivity index (χ0n) is 9.40. The average molecular weight is 225 g/mol. The molecule has 1 unspecified atom stereocenters. The Morgan fingerprint density at radius 3 is 2.69 bits per heavy atom. The lowest BCUT2D eigenvalue weighted by Gasteiger charge is -2.18. The lowest BCUT2D eigenvalue weighted by molar-refractivity contribution is -0.125. The summed E-state index contributed by atoms with van der Waals surface area (Å²) in [4.78, 5) is 11.5. The topological polar surface area (TPSA) is 49.3 Å². The molecule has 0 radical (unpaired) electrons. The van der Waals surface area contributed by atoms with Crippen molar-refractivity contribution in [3.05, 3.63) is 35.6 Å². The van der Waals surface area contributed by atoms with E-state index in [0.717, 1.165) is 0 Å². The van der Waals surface area contributed by atoms with Crippen LogP contribution in [0.15, 0.2) is 24.3 Å². The molecule has 0 saturated heterocycles.